The minimum Gasteiger partial charge on any atom is -0.492 e. The Balaban J connectivity index is 1.74. The van der Waals surface area contributed by atoms with Crippen LogP contribution in [0.4, 0.5) is 11.5 Å². The smallest absolute Gasteiger partial charge is 0.123 e. The molecule has 0 unspecified atom stereocenters. The van der Waals surface area contributed by atoms with Crippen molar-refractivity contribution in [1.82, 2.24) is 4.98 Å². The van der Waals surface area contributed by atoms with Crippen LogP contribution in [0.1, 0.15) is 5.56 Å². The summed E-state index contributed by atoms with van der Waals surface area (Å²) < 4.78 is 5.62. The molecule has 0 saturated heterocycles. The summed E-state index contributed by atoms with van der Waals surface area (Å²) in [7, 11) is 0. The van der Waals surface area contributed by atoms with Gasteiger partial charge in [0.2, 0.25) is 0 Å². The van der Waals surface area contributed by atoms with Gasteiger partial charge in [0.25, 0.3) is 0 Å². The fourth-order valence-electron chi connectivity index (χ4n) is 1.58. The summed E-state index contributed by atoms with van der Waals surface area (Å²) >= 11 is 0. The van der Waals surface area contributed by atoms with E-state index in [1.165, 1.54) is 5.56 Å². The minimum atomic E-state index is 0.525. The molecule has 2 aromatic rings. The molecule has 4 heteroatoms. The summed E-state index contributed by atoms with van der Waals surface area (Å²) in [5.41, 5.74) is 7.65. The maximum absolute atomic E-state index is 5.62. The van der Waals surface area contributed by atoms with Crippen LogP contribution in [0.25, 0.3) is 0 Å². The Morgan fingerprint density at radius 3 is 2.89 bits per heavy atom. The van der Waals surface area contributed by atoms with Gasteiger partial charge in [-0.1, -0.05) is 12.1 Å². The maximum Gasteiger partial charge on any atom is 0.123 e. The first-order valence-electron chi connectivity index (χ1n) is 5.89. The predicted octanol–water partition coefficient (Wildman–Crippen LogP) is 2.46. The lowest BCUT2D eigenvalue weighted by Gasteiger charge is -2.08. The van der Waals surface area contributed by atoms with Crippen molar-refractivity contribution in [3.8, 4) is 5.75 Å². The van der Waals surface area contributed by atoms with Crippen LogP contribution in [0.5, 0.6) is 5.75 Å². The molecule has 0 amide bonds. The zero-order valence-corrected chi connectivity index (χ0v) is 10.4. The van der Waals surface area contributed by atoms with Gasteiger partial charge in [0, 0.05) is 6.54 Å². The fourth-order valence-corrected chi connectivity index (χ4v) is 1.58. The second kappa shape index (κ2) is 5.91. The third-order valence-electron chi connectivity index (χ3n) is 2.48. The molecule has 0 radical (unpaired) electrons. The SMILES string of the molecule is Cc1cccc(OCCNc2ccc(N)nc2)c1. The van der Waals surface area contributed by atoms with E-state index in [0.29, 0.717) is 12.4 Å². The summed E-state index contributed by atoms with van der Waals surface area (Å²) in [6.07, 6.45) is 1.71. The summed E-state index contributed by atoms with van der Waals surface area (Å²) in [6.45, 7) is 3.37. The number of nitrogen functional groups attached to an aromatic ring is 1. The number of aryl methyl sites for hydroxylation is 1. The molecule has 0 aliphatic rings. The highest BCUT2D eigenvalue weighted by molar-refractivity contribution is 5.45. The third kappa shape index (κ3) is 3.66. The molecule has 1 heterocycles. The average Bonchev–Trinajstić information content (AvgIpc) is 2.37. The summed E-state index contributed by atoms with van der Waals surface area (Å²) in [4.78, 5) is 4.00. The van der Waals surface area contributed by atoms with Crippen molar-refractivity contribution in [2.45, 2.75) is 6.92 Å². The Morgan fingerprint density at radius 1 is 1.28 bits per heavy atom. The molecule has 0 spiro atoms. The van der Waals surface area contributed by atoms with E-state index in [0.717, 1.165) is 18.0 Å². The highest BCUT2D eigenvalue weighted by Gasteiger charge is 1.95. The third-order valence-corrected chi connectivity index (χ3v) is 2.48. The monoisotopic (exact) mass is 243 g/mol. The Bertz CT molecular complexity index is 497. The number of rotatable bonds is 5. The number of anilines is 2. The van der Waals surface area contributed by atoms with Crippen molar-refractivity contribution >= 4 is 11.5 Å². The predicted molar refractivity (Wildman–Crippen MR) is 73.8 cm³/mol. The van der Waals surface area contributed by atoms with Gasteiger partial charge in [0.15, 0.2) is 0 Å². The first-order chi connectivity index (χ1) is 8.74. The van der Waals surface area contributed by atoms with Crippen LogP contribution < -0.4 is 15.8 Å². The Labute approximate surface area is 107 Å². The quantitative estimate of drug-likeness (QED) is 0.792. The molecule has 0 aliphatic heterocycles. The van der Waals surface area contributed by atoms with Crippen molar-refractivity contribution in [3.63, 3.8) is 0 Å². The first-order valence-corrected chi connectivity index (χ1v) is 5.89. The van der Waals surface area contributed by atoms with Crippen LogP contribution >= 0.6 is 0 Å². The molecule has 0 bridgehead atoms. The molecule has 3 N–H and O–H groups in total. The molecule has 2 rings (SSSR count). The number of nitrogens with two attached hydrogens (primary N) is 1. The second-order valence-electron chi connectivity index (χ2n) is 4.06. The molecule has 1 aromatic heterocycles. The van der Waals surface area contributed by atoms with Crippen LogP contribution in [0, 0.1) is 6.92 Å². The largest absolute Gasteiger partial charge is 0.492 e. The van der Waals surface area contributed by atoms with Crippen molar-refractivity contribution in [3.05, 3.63) is 48.2 Å². The number of hydrogen-bond acceptors (Lipinski definition) is 4. The van der Waals surface area contributed by atoms with Crippen LogP contribution in [0.3, 0.4) is 0 Å². The van der Waals surface area contributed by atoms with Gasteiger partial charge in [0.1, 0.15) is 18.2 Å². The summed E-state index contributed by atoms with van der Waals surface area (Å²) in [5, 5.41) is 3.21. The van der Waals surface area contributed by atoms with Crippen molar-refractivity contribution in [2.75, 3.05) is 24.2 Å². The van der Waals surface area contributed by atoms with E-state index < -0.39 is 0 Å². The van der Waals surface area contributed by atoms with Gasteiger partial charge in [-0.2, -0.15) is 0 Å². The van der Waals surface area contributed by atoms with Gasteiger partial charge >= 0.3 is 0 Å². The minimum absolute atomic E-state index is 0.525. The number of benzene rings is 1. The van der Waals surface area contributed by atoms with Gasteiger partial charge in [0.05, 0.1) is 11.9 Å². The Morgan fingerprint density at radius 2 is 2.17 bits per heavy atom. The Kier molecular flexibility index (Phi) is 4.02. The molecule has 94 valence electrons. The lowest BCUT2D eigenvalue weighted by atomic mass is 10.2. The molecule has 0 saturated carbocycles. The normalized spacial score (nSPS) is 10.1. The van der Waals surface area contributed by atoms with Crippen molar-refractivity contribution in [1.29, 1.82) is 0 Å². The number of ether oxygens (including phenoxy) is 1. The zero-order valence-electron chi connectivity index (χ0n) is 10.4. The van der Waals surface area contributed by atoms with Crippen molar-refractivity contribution in [2.24, 2.45) is 0 Å². The van der Waals surface area contributed by atoms with Crippen LogP contribution in [0.2, 0.25) is 0 Å². The molecule has 1 aromatic carbocycles. The van der Waals surface area contributed by atoms with Gasteiger partial charge < -0.3 is 15.8 Å². The fraction of sp³-hybridized carbons (Fsp3) is 0.214. The summed E-state index contributed by atoms with van der Waals surface area (Å²) in [6, 6.07) is 11.7. The average molecular weight is 243 g/mol. The second-order valence-corrected chi connectivity index (χ2v) is 4.06. The lowest BCUT2D eigenvalue weighted by Crippen LogP contribution is -2.11. The lowest BCUT2D eigenvalue weighted by molar-refractivity contribution is 0.332. The van der Waals surface area contributed by atoms with Gasteiger partial charge in [-0.05, 0) is 36.8 Å². The van der Waals surface area contributed by atoms with E-state index in [1.54, 1.807) is 12.3 Å². The number of hydrogen-bond donors (Lipinski definition) is 2. The van der Waals surface area contributed by atoms with Crippen LogP contribution in [0.15, 0.2) is 42.6 Å². The molecular formula is C14H17N3O. The molecule has 4 nitrogen and oxygen atoms in total. The van der Waals surface area contributed by atoms with Gasteiger partial charge in [-0.3, -0.25) is 0 Å². The van der Waals surface area contributed by atoms with Crippen molar-refractivity contribution < 1.29 is 4.74 Å². The molecular weight excluding hydrogens is 226 g/mol. The van der Waals surface area contributed by atoms with E-state index in [-0.39, 0.29) is 0 Å². The molecule has 0 fully saturated rings. The number of aromatic nitrogens is 1. The van der Waals surface area contributed by atoms with Crippen LogP contribution in [-0.2, 0) is 0 Å². The molecule has 0 atom stereocenters. The van der Waals surface area contributed by atoms with E-state index in [9.17, 15) is 0 Å². The highest BCUT2D eigenvalue weighted by Crippen LogP contribution is 2.12. The van der Waals surface area contributed by atoms with E-state index in [2.05, 4.69) is 10.3 Å². The number of nitrogens with zero attached hydrogens (tertiary/aromatic N) is 1. The standard InChI is InChI=1S/C14H17N3O/c1-11-3-2-4-13(9-11)18-8-7-16-12-5-6-14(15)17-10-12/h2-6,9-10,16H,7-8H2,1H3,(H2,15,17). The van der Waals surface area contributed by atoms with Crippen LogP contribution in [-0.4, -0.2) is 18.1 Å². The van der Waals surface area contributed by atoms with Gasteiger partial charge in [-0.25, -0.2) is 4.98 Å². The highest BCUT2D eigenvalue weighted by atomic mass is 16.5. The van der Waals surface area contributed by atoms with Gasteiger partial charge in [-0.15, -0.1) is 0 Å². The van der Waals surface area contributed by atoms with E-state index in [1.807, 2.05) is 37.3 Å². The number of pyridine rings is 1. The molecule has 18 heavy (non-hydrogen) atoms. The maximum atomic E-state index is 5.62. The number of nitrogens with one attached hydrogen (secondary N) is 1. The van der Waals surface area contributed by atoms with E-state index in [4.69, 9.17) is 10.5 Å². The van der Waals surface area contributed by atoms with E-state index >= 15 is 0 Å². The zero-order chi connectivity index (χ0) is 12.8. The summed E-state index contributed by atoms with van der Waals surface area (Å²) in [5.74, 6) is 1.42. The topological polar surface area (TPSA) is 60.2 Å². The first kappa shape index (κ1) is 12.2. The Hall–Kier alpha value is -2.23. The molecule has 0 aliphatic carbocycles.